The number of fused-ring (bicyclic) bond motifs is 1. The summed E-state index contributed by atoms with van der Waals surface area (Å²) in [6.07, 6.45) is 3.11. The van der Waals surface area contributed by atoms with Gasteiger partial charge in [-0.3, -0.25) is 4.79 Å². The van der Waals surface area contributed by atoms with Gasteiger partial charge in [0.15, 0.2) is 0 Å². The predicted octanol–water partition coefficient (Wildman–Crippen LogP) is 2.18. The van der Waals surface area contributed by atoms with Crippen LogP contribution in [0.5, 0.6) is 5.75 Å². The molecule has 1 fully saturated rings. The third-order valence-electron chi connectivity index (χ3n) is 3.66. The van der Waals surface area contributed by atoms with Crippen LogP contribution in [0.15, 0.2) is 12.1 Å². The van der Waals surface area contributed by atoms with E-state index in [4.69, 9.17) is 16.3 Å². The van der Waals surface area contributed by atoms with E-state index in [-0.39, 0.29) is 18.3 Å². The van der Waals surface area contributed by atoms with Crippen molar-refractivity contribution in [2.24, 2.45) is 0 Å². The van der Waals surface area contributed by atoms with Crippen molar-refractivity contribution in [1.29, 1.82) is 0 Å². The lowest BCUT2D eigenvalue weighted by molar-refractivity contribution is 0.0947. The number of nitrogens with one attached hydrogen (secondary N) is 2. The Bertz CT molecular complexity index is 502. The van der Waals surface area contributed by atoms with E-state index in [1.807, 2.05) is 6.07 Å². The number of carbonyl (C=O) groups excluding carboxylic acids is 1. The molecule has 0 spiro atoms. The third kappa shape index (κ3) is 3.19. The Kier molecular flexibility index (Phi) is 5.13. The van der Waals surface area contributed by atoms with E-state index < -0.39 is 0 Å². The molecule has 4 nitrogen and oxygen atoms in total. The van der Waals surface area contributed by atoms with E-state index in [9.17, 15) is 4.79 Å². The molecule has 110 valence electrons. The van der Waals surface area contributed by atoms with Crippen molar-refractivity contribution in [2.75, 3.05) is 19.7 Å². The molecule has 6 heteroatoms. The van der Waals surface area contributed by atoms with Crippen LogP contribution < -0.4 is 15.4 Å². The van der Waals surface area contributed by atoms with E-state index in [1.54, 1.807) is 6.07 Å². The van der Waals surface area contributed by atoms with Crippen LogP contribution in [0, 0.1) is 0 Å². The zero-order valence-corrected chi connectivity index (χ0v) is 12.6. The van der Waals surface area contributed by atoms with Gasteiger partial charge in [-0.15, -0.1) is 12.4 Å². The lowest BCUT2D eigenvalue weighted by Gasteiger charge is -2.13. The van der Waals surface area contributed by atoms with E-state index in [1.165, 1.54) is 6.42 Å². The monoisotopic (exact) mass is 316 g/mol. The van der Waals surface area contributed by atoms with Gasteiger partial charge in [0.05, 0.1) is 12.2 Å². The Morgan fingerprint density at radius 1 is 1.50 bits per heavy atom. The molecule has 20 heavy (non-hydrogen) atoms. The number of rotatable bonds is 3. The fourth-order valence-electron chi connectivity index (χ4n) is 2.68. The van der Waals surface area contributed by atoms with Gasteiger partial charge in [0.2, 0.25) is 0 Å². The largest absolute Gasteiger partial charge is 0.492 e. The zero-order chi connectivity index (χ0) is 13.2. The van der Waals surface area contributed by atoms with Crippen molar-refractivity contribution in [1.82, 2.24) is 10.6 Å². The van der Waals surface area contributed by atoms with Crippen LogP contribution in [0.4, 0.5) is 0 Å². The fraction of sp³-hybridized carbons (Fsp3) is 0.500. The zero-order valence-electron chi connectivity index (χ0n) is 11.1. The molecule has 2 aliphatic heterocycles. The smallest absolute Gasteiger partial charge is 0.255 e. The standard InChI is InChI=1S/C14H17ClN2O2.ClH/c15-10-6-9-3-5-19-13(9)12(7-10)14(18)17-8-11-2-1-4-16-11;/h6-7,11,16H,1-5,8H2,(H,17,18);1H/t11-;/m1./s1. The van der Waals surface area contributed by atoms with Gasteiger partial charge in [-0.2, -0.15) is 0 Å². The van der Waals surface area contributed by atoms with Crippen molar-refractivity contribution in [3.05, 3.63) is 28.3 Å². The van der Waals surface area contributed by atoms with Crippen LogP contribution >= 0.6 is 24.0 Å². The van der Waals surface area contributed by atoms with Crippen LogP contribution in [-0.4, -0.2) is 31.6 Å². The minimum atomic E-state index is -0.102. The van der Waals surface area contributed by atoms with Gasteiger partial charge in [-0.1, -0.05) is 11.6 Å². The van der Waals surface area contributed by atoms with Crippen molar-refractivity contribution in [3.63, 3.8) is 0 Å². The van der Waals surface area contributed by atoms with Gasteiger partial charge >= 0.3 is 0 Å². The number of ether oxygens (including phenoxy) is 1. The molecule has 0 saturated carbocycles. The van der Waals surface area contributed by atoms with Gasteiger partial charge in [0.1, 0.15) is 5.75 Å². The van der Waals surface area contributed by atoms with Gasteiger partial charge in [0, 0.05) is 24.0 Å². The number of hydrogen-bond donors (Lipinski definition) is 2. The molecular weight excluding hydrogens is 299 g/mol. The second-order valence-electron chi connectivity index (χ2n) is 5.04. The van der Waals surface area contributed by atoms with Crippen LogP contribution in [0.1, 0.15) is 28.8 Å². The van der Waals surface area contributed by atoms with Crippen molar-refractivity contribution in [2.45, 2.75) is 25.3 Å². The summed E-state index contributed by atoms with van der Waals surface area (Å²) in [7, 11) is 0. The molecule has 1 aromatic carbocycles. The molecule has 2 aliphatic rings. The van der Waals surface area contributed by atoms with Crippen LogP contribution in [0.25, 0.3) is 0 Å². The van der Waals surface area contributed by atoms with Gasteiger partial charge in [-0.05, 0) is 37.1 Å². The Morgan fingerprint density at radius 2 is 2.35 bits per heavy atom. The fourth-order valence-corrected chi connectivity index (χ4v) is 2.92. The minimum Gasteiger partial charge on any atom is -0.492 e. The summed E-state index contributed by atoms with van der Waals surface area (Å²) >= 11 is 6.05. The van der Waals surface area contributed by atoms with Gasteiger partial charge < -0.3 is 15.4 Å². The third-order valence-corrected chi connectivity index (χ3v) is 3.88. The maximum atomic E-state index is 12.2. The molecule has 1 atom stereocenters. The molecule has 1 saturated heterocycles. The SMILES string of the molecule is Cl.O=C(NC[C@H]1CCCN1)c1cc(Cl)cc2c1OCC2. The van der Waals surface area contributed by atoms with Gasteiger partial charge in [-0.25, -0.2) is 0 Å². The summed E-state index contributed by atoms with van der Waals surface area (Å²) in [6.45, 7) is 2.32. The highest BCUT2D eigenvalue weighted by atomic mass is 35.5. The Morgan fingerprint density at radius 3 is 3.10 bits per heavy atom. The number of carbonyl (C=O) groups is 1. The van der Waals surface area contributed by atoms with E-state index in [2.05, 4.69) is 10.6 Å². The van der Waals surface area contributed by atoms with Crippen LogP contribution in [-0.2, 0) is 6.42 Å². The number of halogens is 2. The van der Waals surface area contributed by atoms with E-state index in [0.717, 1.165) is 24.9 Å². The average molecular weight is 317 g/mol. The highest BCUT2D eigenvalue weighted by molar-refractivity contribution is 6.31. The molecule has 3 rings (SSSR count). The molecule has 0 aromatic heterocycles. The number of hydrogen-bond acceptors (Lipinski definition) is 3. The summed E-state index contributed by atoms with van der Waals surface area (Å²) in [4.78, 5) is 12.2. The first kappa shape index (κ1) is 15.4. The highest BCUT2D eigenvalue weighted by Gasteiger charge is 2.23. The Balaban J connectivity index is 0.00000147. The first-order chi connectivity index (χ1) is 9.24. The summed E-state index contributed by atoms with van der Waals surface area (Å²) < 4.78 is 5.54. The lowest BCUT2D eigenvalue weighted by atomic mass is 10.1. The van der Waals surface area contributed by atoms with E-state index in [0.29, 0.717) is 35.5 Å². The van der Waals surface area contributed by atoms with E-state index >= 15 is 0 Å². The van der Waals surface area contributed by atoms with Crippen molar-refractivity contribution in [3.8, 4) is 5.75 Å². The number of amides is 1. The van der Waals surface area contributed by atoms with Crippen molar-refractivity contribution < 1.29 is 9.53 Å². The maximum absolute atomic E-state index is 12.2. The molecule has 0 aliphatic carbocycles. The normalized spacial score (nSPS) is 19.9. The molecule has 2 heterocycles. The second-order valence-corrected chi connectivity index (χ2v) is 5.48. The lowest BCUT2D eigenvalue weighted by Crippen LogP contribution is -2.37. The molecule has 0 bridgehead atoms. The maximum Gasteiger partial charge on any atom is 0.255 e. The quantitative estimate of drug-likeness (QED) is 0.898. The van der Waals surface area contributed by atoms with Gasteiger partial charge in [0.25, 0.3) is 5.91 Å². The number of benzene rings is 1. The highest BCUT2D eigenvalue weighted by Crippen LogP contribution is 2.32. The summed E-state index contributed by atoms with van der Waals surface area (Å²) in [5.74, 6) is 0.593. The van der Waals surface area contributed by atoms with Crippen molar-refractivity contribution >= 4 is 29.9 Å². The Labute approximate surface area is 129 Å². The molecule has 0 radical (unpaired) electrons. The molecule has 0 unspecified atom stereocenters. The average Bonchev–Trinajstić information content (AvgIpc) is 3.05. The Hall–Kier alpha value is -0.970. The molecule has 2 N–H and O–H groups in total. The first-order valence-corrected chi connectivity index (χ1v) is 7.08. The summed E-state index contributed by atoms with van der Waals surface area (Å²) in [6, 6.07) is 3.94. The molecular formula is C14H18Cl2N2O2. The predicted molar refractivity (Wildman–Crippen MR) is 81.3 cm³/mol. The summed E-state index contributed by atoms with van der Waals surface area (Å²) in [5.41, 5.74) is 1.58. The topological polar surface area (TPSA) is 50.4 Å². The van der Waals surface area contributed by atoms with Crippen LogP contribution in [0.3, 0.4) is 0 Å². The first-order valence-electron chi connectivity index (χ1n) is 6.71. The summed E-state index contributed by atoms with van der Waals surface area (Å²) in [5, 5.41) is 6.90. The second kappa shape index (κ2) is 6.66. The molecule has 1 aromatic rings. The molecule has 1 amide bonds. The minimum absolute atomic E-state index is 0. The van der Waals surface area contributed by atoms with Crippen LogP contribution in [0.2, 0.25) is 5.02 Å².